The summed E-state index contributed by atoms with van der Waals surface area (Å²) >= 11 is 0. The Labute approximate surface area is 241 Å². The van der Waals surface area contributed by atoms with Crippen molar-refractivity contribution in [2.75, 3.05) is 0 Å². The zero-order chi connectivity index (χ0) is 27.8. The molecule has 0 aromatic heterocycles. The first-order valence-electron chi connectivity index (χ1n) is 14.2. The molecule has 7 aromatic carbocycles. The predicted octanol–water partition coefficient (Wildman–Crippen LogP) is 11.7. The highest BCUT2D eigenvalue weighted by molar-refractivity contribution is 6.23. The van der Waals surface area contributed by atoms with Crippen LogP contribution < -0.4 is 0 Å². The minimum absolute atomic E-state index is 1.15. The van der Waals surface area contributed by atoms with Gasteiger partial charge in [-0.1, -0.05) is 152 Å². The van der Waals surface area contributed by atoms with Crippen LogP contribution in [-0.2, 0) is 0 Å². The zero-order valence-electron chi connectivity index (χ0n) is 23.1. The fraction of sp³-hybridized carbons (Fsp3) is 0.0244. The molecule has 0 unspecified atom stereocenters. The second-order valence-electron chi connectivity index (χ2n) is 10.5. The maximum atomic E-state index is 3.95. The highest BCUT2D eigenvalue weighted by atomic mass is 14.2. The Hall–Kier alpha value is -5.20. The smallest absolute Gasteiger partial charge is 0.00201 e. The summed E-state index contributed by atoms with van der Waals surface area (Å²) in [6.45, 7) is 5.99. The van der Waals surface area contributed by atoms with E-state index in [0.29, 0.717) is 0 Å². The topological polar surface area (TPSA) is 0 Å². The van der Waals surface area contributed by atoms with Crippen LogP contribution in [-0.4, -0.2) is 0 Å². The molecule has 0 bridgehead atoms. The van der Waals surface area contributed by atoms with Crippen LogP contribution in [0.1, 0.15) is 12.5 Å². The van der Waals surface area contributed by atoms with Crippen LogP contribution in [0.25, 0.3) is 71.3 Å². The van der Waals surface area contributed by atoms with Gasteiger partial charge in [0.25, 0.3) is 0 Å². The molecule has 0 aliphatic heterocycles. The second kappa shape index (κ2) is 10.4. The summed E-state index contributed by atoms with van der Waals surface area (Å²) in [7, 11) is 0. The third kappa shape index (κ3) is 4.26. The molecule has 7 aromatic rings. The molecule has 0 saturated carbocycles. The third-order valence-electron chi connectivity index (χ3n) is 8.23. The van der Waals surface area contributed by atoms with Crippen molar-refractivity contribution in [3.05, 3.63) is 164 Å². The molecule has 0 N–H and O–H groups in total. The lowest BCUT2D eigenvalue weighted by Gasteiger charge is -2.19. The number of benzene rings is 7. The van der Waals surface area contributed by atoms with Crippen LogP contribution in [0.3, 0.4) is 0 Å². The summed E-state index contributed by atoms with van der Waals surface area (Å²) in [5, 5.41) is 7.61. The molecule has 0 spiro atoms. The lowest BCUT2D eigenvalue weighted by molar-refractivity contribution is 1.58. The number of rotatable bonds is 5. The van der Waals surface area contributed by atoms with Crippen molar-refractivity contribution in [2.45, 2.75) is 6.92 Å². The Balaban J connectivity index is 1.45. The molecule has 0 saturated heterocycles. The Morgan fingerprint density at radius 2 is 1.07 bits per heavy atom. The summed E-state index contributed by atoms with van der Waals surface area (Å²) in [5.41, 5.74) is 9.87. The maximum absolute atomic E-state index is 3.95. The molecule has 0 radical (unpaired) electrons. The number of allylic oxidation sites excluding steroid dienone is 3. The van der Waals surface area contributed by atoms with E-state index in [1.165, 1.54) is 71.3 Å². The molecule has 0 amide bonds. The Kier molecular flexibility index (Phi) is 6.30. The van der Waals surface area contributed by atoms with Gasteiger partial charge in [0.15, 0.2) is 0 Å². The standard InChI is InChI=1S/C41H30/c1-3-28(4-2)29-21-23-30(24-22-29)32-25-26-34-33(27-32)15-12-20-35(34)41-38-18-10-8-16-36(38)40(31-13-6-5-7-14-31)37-17-9-11-19-39(37)41/h3-27H,1H2,2H3/b28-4+. The van der Waals surface area contributed by atoms with E-state index in [2.05, 4.69) is 152 Å². The van der Waals surface area contributed by atoms with E-state index in [0.717, 1.165) is 5.57 Å². The first-order valence-corrected chi connectivity index (χ1v) is 14.2. The van der Waals surface area contributed by atoms with Gasteiger partial charge in [0, 0.05) is 0 Å². The van der Waals surface area contributed by atoms with Crippen molar-refractivity contribution in [1.29, 1.82) is 0 Å². The van der Waals surface area contributed by atoms with Crippen LogP contribution in [0.15, 0.2) is 158 Å². The van der Waals surface area contributed by atoms with Crippen LogP contribution >= 0.6 is 0 Å². The molecule has 41 heavy (non-hydrogen) atoms. The van der Waals surface area contributed by atoms with E-state index in [1.54, 1.807) is 0 Å². The van der Waals surface area contributed by atoms with Gasteiger partial charge in [-0.2, -0.15) is 0 Å². The Morgan fingerprint density at radius 1 is 0.488 bits per heavy atom. The van der Waals surface area contributed by atoms with Crippen molar-refractivity contribution in [3.8, 4) is 33.4 Å². The van der Waals surface area contributed by atoms with Crippen LogP contribution in [0.4, 0.5) is 0 Å². The average molecular weight is 523 g/mol. The first kappa shape index (κ1) is 24.8. The van der Waals surface area contributed by atoms with Crippen LogP contribution in [0, 0.1) is 0 Å². The minimum Gasteiger partial charge on any atom is -0.0985 e. The van der Waals surface area contributed by atoms with Gasteiger partial charge in [-0.05, 0) is 89.8 Å². The van der Waals surface area contributed by atoms with Crippen LogP contribution in [0.5, 0.6) is 0 Å². The van der Waals surface area contributed by atoms with E-state index in [9.17, 15) is 0 Å². The summed E-state index contributed by atoms with van der Waals surface area (Å²) < 4.78 is 0. The lowest BCUT2D eigenvalue weighted by Crippen LogP contribution is -1.91. The second-order valence-corrected chi connectivity index (χ2v) is 10.5. The van der Waals surface area contributed by atoms with Crippen molar-refractivity contribution >= 4 is 37.9 Å². The van der Waals surface area contributed by atoms with Gasteiger partial charge >= 0.3 is 0 Å². The molecular formula is C41H30. The summed E-state index contributed by atoms with van der Waals surface area (Å²) in [6, 6.07) is 50.9. The summed E-state index contributed by atoms with van der Waals surface area (Å²) in [5.74, 6) is 0. The quantitative estimate of drug-likeness (QED) is 0.156. The average Bonchev–Trinajstić information content (AvgIpc) is 3.04. The van der Waals surface area contributed by atoms with Crippen molar-refractivity contribution in [3.63, 3.8) is 0 Å². The van der Waals surface area contributed by atoms with Gasteiger partial charge in [0.2, 0.25) is 0 Å². The molecule has 7 rings (SSSR count). The van der Waals surface area contributed by atoms with E-state index >= 15 is 0 Å². The molecule has 0 fully saturated rings. The van der Waals surface area contributed by atoms with Gasteiger partial charge in [-0.25, -0.2) is 0 Å². The fourth-order valence-electron chi connectivity index (χ4n) is 6.27. The SMILES string of the molecule is C=C/C(=C\C)c1ccc(-c2ccc3c(-c4c5ccccc5c(-c5ccccc5)c5ccccc45)cccc3c2)cc1. The van der Waals surface area contributed by atoms with Gasteiger partial charge < -0.3 is 0 Å². The molecule has 0 aliphatic carbocycles. The van der Waals surface area contributed by atoms with Gasteiger partial charge in [0.1, 0.15) is 0 Å². The third-order valence-corrected chi connectivity index (χ3v) is 8.23. The fourth-order valence-corrected chi connectivity index (χ4v) is 6.27. The zero-order valence-corrected chi connectivity index (χ0v) is 23.1. The van der Waals surface area contributed by atoms with Gasteiger partial charge in [-0.3, -0.25) is 0 Å². The van der Waals surface area contributed by atoms with E-state index in [4.69, 9.17) is 0 Å². The molecule has 0 heteroatoms. The van der Waals surface area contributed by atoms with Crippen molar-refractivity contribution in [1.82, 2.24) is 0 Å². The number of hydrogen-bond donors (Lipinski definition) is 0. The molecule has 194 valence electrons. The first-order chi connectivity index (χ1) is 20.3. The van der Waals surface area contributed by atoms with E-state index in [-0.39, 0.29) is 0 Å². The predicted molar refractivity (Wildman–Crippen MR) is 179 cm³/mol. The molecule has 0 heterocycles. The summed E-state index contributed by atoms with van der Waals surface area (Å²) in [6.07, 6.45) is 4.01. The molecule has 0 atom stereocenters. The van der Waals surface area contributed by atoms with Crippen molar-refractivity contribution in [2.24, 2.45) is 0 Å². The van der Waals surface area contributed by atoms with Gasteiger partial charge in [-0.15, -0.1) is 0 Å². The normalized spacial score (nSPS) is 11.8. The lowest BCUT2D eigenvalue weighted by atomic mass is 9.84. The minimum atomic E-state index is 1.15. The van der Waals surface area contributed by atoms with Crippen LogP contribution in [0.2, 0.25) is 0 Å². The molecule has 0 nitrogen and oxygen atoms in total. The van der Waals surface area contributed by atoms with Crippen molar-refractivity contribution < 1.29 is 0 Å². The highest BCUT2D eigenvalue weighted by Crippen LogP contribution is 2.45. The monoisotopic (exact) mass is 522 g/mol. The highest BCUT2D eigenvalue weighted by Gasteiger charge is 2.17. The van der Waals surface area contributed by atoms with Gasteiger partial charge in [0.05, 0.1) is 0 Å². The molecule has 0 aliphatic rings. The van der Waals surface area contributed by atoms with E-state index in [1.807, 2.05) is 13.0 Å². The summed E-state index contributed by atoms with van der Waals surface area (Å²) in [4.78, 5) is 0. The number of fused-ring (bicyclic) bond motifs is 3. The maximum Gasteiger partial charge on any atom is -0.00201 e. The number of hydrogen-bond acceptors (Lipinski definition) is 0. The molecular weight excluding hydrogens is 492 g/mol. The van der Waals surface area contributed by atoms with E-state index < -0.39 is 0 Å². The Bertz CT molecular complexity index is 2030. The Morgan fingerprint density at radius 3 is 1.68 bits per heavy atom. The largest absolute Gasteiger partial charge is 0.0985 e.